The van der Waals surface area contributed by atoms with Crippen LogP contribution in [-0.4, -0.2) is 47.9 Å². The van der Waals surface area contributed by atoms with Crippen molar-refractivity contribution in [1.82, 2.24) is 9.97 Å². The van der Waals surface area contributed by atoms with Gasteiger partial charge in [0.2, 0.25) is 0 Å². The maximum absolute atomic E-state index is 13.0. The van der Waals surface area contributed by atoms with E-state index in [9.17, 15) is 14.3 Å². The van der Waals surface area contributed by atoms with E-state index in [4.69, 9.17) is 19.2 Å². The molecule has 0 amide bonds. The molecule has 0 fully saturated rings. The Balaban J connectivity index is 1.41. The number of fused-ring (bicyclic) bond motifs is 2. The van der Waals surface area contributed by atoms with Gasteiger partial charge in [-0.25, -0.2) is 9.37 Å². The van der Waals surface area contributed by atoms with Crippen LogP contribution in [0.15, 0.2) is 48.7 Å². The number of aryl methyl sites for hydroxylation is 1. The Kier molecular flexibility index (Phi) is 7.08. The van der Waals surface area contributed by atoms with Gasteiger partial charge >= 0.3 is 0 Å². The van der Waals surface area contributed by atoms with Gasteiger partial charge in [0.1, 0.15) is 30.3 Å². The third-order valence-electron chi connectivity index (χ3n) is 7.06. The van der Waals surface area contributed by atoms with Crippen LogP contribution in [0.2, 0.25) is 0 Å². The van der Waals surface area contributed by atoms with E-state index in [0.717, 1.165) is 39.8 Å². The number of methoxy groups -OCH3 is 1. The van der Waals surface area contributed by atoms with E-state index in [1.54, 1.807) is 25.1 Å². The summed E-state index contributed by atoms with van der Waals surface area (Å²) < 4.78 is 29.1. The highest BCUT2D eigenvalue weighted by atomic mass is 19.1. The molecule has 0 unspecified atom stereocenters. The van der Waals surface area contributed by atoms with Crippen LogP contribution in [0.5, 0.6) is 17.2 Å². The number of carbonyl (C=O) groups excluding carboxylic acids is 1. The molecule has 1 atom stereocenters. The van der Waals surface area contributed by atoms with Crippen LogP contribution in [0, 0.1) is 6.92 Å². The lowest BCUT2D eigenvalue weighted by atomic mass is 9.91. The Bertz CT molecular complexity index is 1490. The van der Waals surface area contributed by atoms with Gasteiger partial charge in [-0.2, -0.15) is 0 Å². The van der Waals surface area contributed by atoms with Gasteiger partial charge in [0, 0.05) is 46.6 Å². The number of para-hydroxylation sites is 1. The fourth-order valence-electron chi connectivity index (χ4n) is 4.89. The molecule has 0 aliphatic carbocycles. The Labute approximate surface area is 220 Å². The number of halogens is 1. The average molecular weight is 519 g/mol. The van der Waals surface area contributed by atoms with Crippen molar-refractivity contribution in [2.75, 3.05) is 27.0 Å². The van der Waals surface area contributed by atoms with Crippen LogP contribution < -0.4 is 14.2 Å². The van der Waals surface area contributed by atoms with Crippen molar-refractivity contribution in [3.05, 3.63) is 71.0 Å². The second-order valence-electron chi connectivity index (χ2n) is 9.74. The number of ketones is 1. The molecule has 38 heavy (non-hydrogen) atoms. The standard InChI is InChI=1S/C30H31FN2O5/c1-18-5-4-6-21-22(17-32-27(18)21)28-29-20(10-13-38-29)16-26(33-28)30(2,35)11-9-23(34)19-7-8-24(37-14-12-31)25(15-19)36-3/h4-8,15-17,32,35H,9-14H2,1-3H3/t30-/m1/s1. The summed E-state index contributed by atoms with van der Waals surface area (Å²) in [6.07, 6.45) is 2.92. The van der Waals surface area contributed by atoms with Crippen molar-refractivity contribution >= 4 is 16.7 Å². The number of carbonyl (C=O) groups is 1. The van der Waals surface area contributed by atoms with Crippen molar-refractivity contribution in [2.45, 2.75) is 38.7 Å². The molecule has 3 heterocycles. The number of alkyl halides is 1. The second kappa shape index (κ2) is 10.5. The van der Waals surface area contributed by atoms with E-state index in [1.807, 2.05) is 24.4 Å². The number of aromatic amines is 1. The van der Waals surface area contributed by atoms with Crippen molar-refractivity contribution in [3.8, 4) is 28.5 Å². The fraction of sp³-hybridized carbons (Fsp3) is 0.333. The lowest BCUT2D eigenvalue weighted by Gasteiger charge is -2.24. The second-order valence-corrected chi connectivity index (χ2v) is 9.74. The number of Topliss-reactive ketones (excluding diaryl/α,β-unsaturated/α-hetero) is 1. The molecule has 5 rings (SSSR count). The van der Waals surface area contributed by atoms with Crippen LogP contribution in [0.1, 0.15) is 46.9 Å². The Morgan fingerprint density at radius 3 is 2.87 bits per heavy atom. The molecule has 1 aliphatic rings. The van der Waals surface area contributed by atoms with Crippen LogP contribution >= 0.6 is 0 Å². The highest BCUT2D eigenvalue weighted by Gasteiger charge is 2.31. The van der Waals surface area contributed by atoms with Crippen molar-refractivity contribution in [1.29, 1.82) is 0 Å². The molecular weight excluding hydrogens is 487 g/mol. The lowest BCUT2D eigenvalue weighted by molar-refractivity contribution is 0.0397. The summed E-state index contributed by atoms with van der Waals surface area (Å²) in [5.74, 6) is 1.32. The van der Waals surface area contributed by atoms with E-state index in [2.05, 4.69) is 18.0 Å². The number of aliphatic hydroxyl groups is 1. The zero-order chi connectivity index (χ0) is 26.9. The van der Waals surface area contributed by atoms with Gasteiger partial charge in [-0.1, -0.05) is 18.2 Å². The van der Waals surface area contributed by atoms with Crippen LogP contribution in [0.3, 0.4) is 0 Å². The number of nitrogens with one attached hydrogen (secondary N) is 1. The lowest BCUT2D eigenvalue weighted by Crippen LogP contribution is -2.24. The molecule has 0 bridgehead atoms. The SMILES string of the molecule is COc1cc(C(=O)CC[C@@](C)(O)c2cc3c(c(-c4c[nH]c5c(C)cccc45)n2)OCC3)ccc1OCCF. The number of benzene rings is 2. The van der Waals surface area contributed by atoms with Gasteiger partial charge in [0.05, 0.1) is 19.4 Å². The molecule has 0 saturated carbocycles. The largest absolute Gasteiger partial charge is 0.493 e. The first-order chi connectivity index (χ1) is 18.3. The first kappa shape index (κ1) is 25.7. The molecular formula is C30H31FN2O5. The number of rotatable bonds is 10. The Hall–Kier alpha value is -3.91. The van der Waals surface area contributed by atoms with Gasteiger partial charge < -0.3 is 24.3 Å². The van der Waals surface area contributed by atoms with Crippen LogP contribution in [-0.2, 0) is 12.0 Å². The number of aromatic nitrogens is 2. The number of nitrogens with zero attached hydrogens (tertiary/aromatic N) is 1. The molecule has 2 aromatic carbocycles. The number of pyridine rings is 1. The number of ether oxygens (including phenoxy) is 3. The predicted molar refractivity (Wildman–Crippen MR) is 143 cm³/mol. The summed E-state index contributed by atoms with van der Waals surface area (Å²) >= 11 is 0. The minimum absolute atomic E-state index is 0.0918. The van der Waals surface area contributed by atoms with E-state index < -0.39 is 12.3 Å². The average Bonchev–Trinajstić information content (AvgIpc) is 3.58. The molecule has 2 N–H and O–H groups in total. The fourth-order valence-corrected chi connectivity index (χ4v) is 4.89. The quantitative estimate of drug-likeness (QED) is 0.262. The summed E-state index contributed by atoms with van der Waals surface area (Å²) in [5.41, 5.74) is 4.34. The first-order valence-corrected chi connectivity index (χ1v) is 12.7. The maximum Gasteiger partial charge on any atom is 0.163 e. The first-order valence-electron chi connectivity index (χ1n) is 12.7. The zero-order valence-electron chi connectivity index (χ0n) is 21.8. The normalized spacial score (nSPS) is 14.1. The molecule has 1 aliphatic heterocycles. The Morgan fingerprint density at radius 1 is 1.24 bits per heavy atom. The van der Waals surface area contributed by atoms with Gasteiger partial charge in [-0.05, 0) is 50.1 Å². The molecule has 0 saturated heterocycles. The summed E-state index contributed by atoms with van der Waals surface area (Å²) in [6.45, 7) is 3.58. The number of H-pyrrole nitrogens is 1. The summed E-state index contributed by atoms with van der Waals surface area (Å²) in [7, 11) is 1.46. The van der Waals surface area contributed by atoms with Crippen LogP contribution in [0.4, 0.5) is 4.39 Å². The third kappa shape index (κ3) is 4.84. The molecule has 0 radical (unpaired) electrons. The summed E-state index contributed by atoms with van der Waals surface area (Å²) in [4.78, 5) is 21.3. The number of hydrogen-bond donors (Lipinski definition) is 2. The molecule has 4 aromatic rings. The topological polar surface area (TPSA) is 93.7 Å². The third-order valence-corrected chi connectivity index (χ3v) is 7.06. The van der Waals surface area contributed by atoms with Crippen LogP contribution in [0.25, 0.3) is 22.2 Å². The van der Waals surface area contributed by atoms with E-state index in [-0.39, 0.29) is 25.2 Å². The van der Waals surface area contributed by atoms with Gasteiger partial charge in [-0.15, -0.1) is 0 Å². The zero-order valence-corrected chi connectivity index (χ0v) is 21.8. The van der Waals surface area contributed by atoms with E-state index in [1.165, 1.54) is 7.11 Å². The minimum atomic E-state index is -1.35. The molecule has 7 nitrogen and oxygen atoms in total. The van der Waals surface area contributed by atoms with E-state index >= 15 is 0 Å². The van der Waals surface area contributed by atoms with Crippen molar-refractivity contribution in [3.63, 3.8) is 0 Å². The molecule has 8 heteroatoms. The van der Waals surface area contributed by atoms with Gasteiger partial charge in [0.25, 0.3) is 0 Å². The highest BCUT2D eigenvalue weighted by Crippen LogP contribution is 2.41. The molecule has 0 spiro atoms. The Morgan fingerprint density at radius 2 is 2.08 bits per heavy atom. The number of hydrogen-bond acceptors (Lipinski definition) is 6. The summed E-state index contributed by atoms with van der Waals surface area (Å²) in [5, 5.41) is 12.5. The maximum atomic E-state index is 13.0. The van der Waals surface area contributed by atoms with Crippen molar-refractivity contribution < 1.29 is 28.5 Å². The highest BCUT2D eigenvalue weighted by molar-refractivity contribution is 5.98. The molecule has 2 aromatic heterocycles. The molecule has 198 valence electrons. The minimum Gasteiger partial charge on any atom is -0.493 e. The van der Waals surface area contributed by atoms with Gasteiger partial charge in [0.15, 0.2) is 17.3 Å². The predicted octanol–water partition coefficient (Wildman–Crippen LogP) is 5.70. The van der Waals surface area contributed by atoms with Crippen molar-refractivity contribution in [2.24, 2.45) is 0 Å². The summed E-state index contributed by atoms with van der Waals surface area (Å²) in [6, 6.07) is 12.8. The van der Waals surface area contributed by atoms with E-state index in [0.29, 0.717) is 35.1 Å². The van der Waals surface area contributed by atoms with Gasteiger partial charge in [-0.3, -0.25) is 4.79 Å². The monoisotopic (exact) mass is 518 g/mol. The smallest absolute Gasteiger partial charge is 0.163 e.